The summed E-state index contributed by atoms with van der Waals surface area (Å²) in [6.45, 7) is 6.81. The number of hydrogen-bond acceptors (Lipinski definition) is 2. The number of thioether (sulfide) groups is 1. The highest BCUT2D eigenvalue weighted by Gasteiger charge is 1.98. The van der Waals surface area contributed by atoms with Gasteiger partial charge in [0.25, 0.3) is 5.82 Å². The first kappa shape index (κ1) is 10.7. The SMILES string of the molecule is [C-]#[N+]c1ccc(SCc2ccccc2)cn1. The summed E-state index contributed by atoms with van der Waals surface area (Å²) >= 11 is 1.73. The molecule has 3 heteroatoms. The maximum atomic E-state index is 6.81. The van der Waals surface area contributed by atoms with Crippen LogP contribution >= 0.6 is 11.8 Å². The Bertz CT molecular complexity index is 486. The Morgan fingerprint density at radius 3 is 2.56 bits per heavy atom. The molecule has 0 amide bonds. The van der Waals surface area contributed by atoms with Crippen LogP contribution in [0.5, 0.6) is 0 Å². The van der Waals surface area contributed by atoms with Crippen molar-refractivity contribution in [1.82, 2.24) is 4.98 Å². The number of hydrogen-bond donors (Lipinski definition) is 0. The van der Waals surface area contributed by atoms with E-state index < -0.39 is 0 Å². The topological polar surface area (TPSA) is 17.2 Å². The van der Waals surface area contributed by atoms with Crippen molar-refractivity contribution < 1.29 is 0 Å². The monoisotopic (exact) mass is 226 g/mol. The summed E-state index contributed by atoms with van der Waals surface area (Å²) in [6, 6.07) is 14.0. The third-order valence-electron chi connectivity index (χ3n) is 2.08. The van der Waals surface area contributed by atoms with Gasteiger partial charge in [0, 0.05) is 10.6 Å². The average molecular weight is 226 g/mol. The van der Waals surface area contributed by atoms with Crippen molar-refractivity contribution in [2.45, 2.75) is 10.6 Å². The zero-order valence-electron chi connectivity index (χ0n) is 8.63. The molecule has 0 radical (unpaired) electrons. The molecule has 0 fully saturated rings. The third-order valence-corrected chi connectivity index (χ3v) is 3.14. The Morgan fingerprint density at radius 1 is 1.12 bits per heavy atom. The maximum absolute atomic E-state index is 6.81. The fourth-order valence-corrected chi connectivity index (χ4v) is 2.08. The number of benzene rings is 1. The summed E-state index contributed by atoms with van der Waals surface area (Å²) < 4.78 is 0. The highest BCUT2D eigenvalue weighted by Crippen LogP contribution is 2.23. The highest BCUT2D eigenvalue weighted by molar-refractivity contribution is 7.98. The van der Waals surface area contributed by atoms with Crippen molar-refractivity contribution >= 4 is 17.6 Å². The molecule has 0 atom stereocenters. The minimum absolute atomic E-state index is 0.448. The lowest BCUT2D eigenvalue weighted by atomic mass is 10.2. The Balaban J connectivity index is 1.98. The van der Waals surface area contributed by atoms with Crippen LogP contribution in [0, 0.1) is 6.57 Å². The molecule has 0 aliphatic rings. The molecule has 2 nitrogen and oxygen atoms in total. The van der Waals surface area contributed by atoms with Crippen LogP contribution in [0.25, 0.3) is 4.85 Å². The van der Waals surface area contributed by atoms with Crippen molar-refractivity contribution in [3.05, 3.63) is 65.6 Å². The number of pyridine rings is 1. The predicted molar refractivity (Wildman–Crippen MR) is 66.5 cm³/mol. The second-order valence-corrected chi connectivity index (χ2v) is 4.29. The van der Waals surface area contributed by atoms with Gasteiger partial charge in [-0.1, -0.05) is 43.0 Å². The van der Waals surface area contributed by atoms with Crippen molar-refractivity contribution in [3.8, 4) is 0 Å². The molecule has 0 unspecified atom stereocenters. The summed E-state index contributed by atoms with van der Waals surface area (Å²) in [7, 11) is 0. The molecule has 0 spiro atoms. The molecule has 1 heterocycles. The first-order valence-electron chi connectivity index (χ1n) is 4.89. The molecule has 16 heavy (non-hydrogen) atoms. The van der Waals surface area contributed by atoms with Crippen molar-refractivity contribution in [1.29, 1.82) is 0 Å². The molecule has 2 rings (SSSR count). The molecule has 1 aromatic heterocycles. The van der Waals surface area contributed by atoms with E-state index in [0.29, 0.717) is 5.82 Å². The van der Waals surface area contributed by atoms with Gasteiger partial charge in [0.2, 0.25) is 0 Å². The molecule has 0 saturated carbocycles. The van der Waals surface area contributed by atoms with E-state index >= 15 is 0 Å². The quantitative estimate of drug-likeness (QED) is 0.583. The molecule has 0 bridgehead atoms. The van der Waals surface area contributed by atoms with Crippen LogP contribution in [0.4, 0.5) is 5.82 Å². The molecule has 0 N–H and O–H groups in total. The lowest BCUT2D eigenvalue weighted by molar-refractivity contribution is 1.25. The lowest BCUT2D eigenvalue weighted by Gasteiger charge is -2.00. The van der Waals surface area contributed by atoms with E-state index in [1.807, 2.05) is 24.3 Å². The number of nitrogens with zero attached hydrogens (tertiary/aromatic N) is 2. The van der Waals surface area contributed by atoms with Crippen LogP contribution in [0.15, 0.2) is 53.6 Å². The fraction of sp³-hybridized carbons (Fsp3) is 0.0769. The molecule has 0 aliphatic heterocycles. The standard InChI is InChI=1S/C13H10N2S/c1-14-13-8-7-12(9-15-13)16-10-11-5-3-2-4-6-11/h2-9H,10H2. The molecule has 0 saturated heterocycles. The number of rotatable bonds is 3. The van der Waals surface area contributed by atoms with Crippen LogP contribution in [0.3, 0.4) is 0 Å². The van der Waals surface area contributed by atoms with Gasteiger partial charge in [-0.05, 0) is 11.6 Å². The molecule has 78 valence electrons. The maximum Gasteiger partial charge on any atom is 0.269 e. The first-order valence-corrected chi connectivity index (χ1v) is 5.87. The lowest BCUT2D eigenvalue weighted by Crippen LogP contribution is -1.80. The van der Waals surface area contributed by atoms with Gasteiger partial charge in [-0.3, -0.25) is 0 Å². The molecular weight excluding hydrogens is 216 g/mol. The van der Waals surface area contributed by atoms with Crippen molar-refractivity contribution in [2.75, 3.05) is 0 Å². The van der Waals surface area contributed by atoms with E-state index in [4.69, 9.17) is 6.57 Å². The van der Waals surface area contributed by atoms with E-state index in [9.17, 15) is 0 Å². The summed E-state index contributed by atoms with van der Waals surface area (Å²) in [5.74, 6) is 1.38. The average Bonchev–Trinajstić information content (AvgIpc) is 2.38. The van der Waals surface area contributed by atoms with E-state index in [1.54, 1.807) is 24.0 Å². The van der Waals surface area contributed by atoms with Gasteiger partial charge >= 0.3 is 0 Å². The zero-order chi connectivity index (χ0) is 11.2. The minimum atomic E-state index is 0.448. The Morgan fingerprint density at radius 2 is 1.94 bits per heavy atom. The molecule has 0 aliphatic carbocycles. The first-order chi connectivity index (χ1) is 7.88. The highest BCUT2D eigenvalue weighted by atomic mass is 32.2. The Kier molecular flexibility index (Phi) is 3.58. The van der Waals surface area contributed by atoms with Gasteiger partial charge in [-0.15, -0.1) is 16.7 Å². The van der Waals surface area contributed by atoms with Crippen molar-refractivity contribution in [2.24, 2.45) is 0 Å². The zero-order valence-corrected chi connectivity index (χ0v) is 9.45. The van der Waals surface area contributed by atoms with Gasteiger partial charge in [0.05, 0.1) is 0 Å². The van der Waals surface area contributed by atoms with Crippen LogP contribution in [-0.2, 0) is 5.75 Å². The minimum Gasteiger partial charge on any atom is -0.361 e. The summed E-state index contributed by atoms with van der Waals surface area (Å²) in [4.78, 5) is 8.39. The predicted octanol–water partition coefficient (Wildman–Crippen LogP) is 3.92. The summed E-state index contributed by atoms with van der Waals surface area (Å²) in [6.07, 6.45) is 1.75. The van der Waals surface area contributed by atoms with Gasteiger partial charge in [0.15, 0.2) is 0 Å². The van der Waals surface area contributed by atoms with Crippen molar-refractivity contribution in [3.63, 3.8) is 0 Å². The molecule has 2 aromatic rings. The summed E-state index contributed by atoms with van der Waals surface area (Å²) in [5.41, 5.74) is 1.29. The van der Waals surface area contributed by atoms with E-state index in [-0.39, 0.29) is 0 Å². The van der Waals surface area contributed by atoms with Gasteiger partial charge < -0.3 is 4.85 Å². The fourth-order valence-electron chi connectivity index (χ4n) is 1.26. The Labute approximate surface area is 99.2 Å². The van der Waals surface area contributed by atoms with Crippen LogP contribution in [0.2, 0.25) is 0 Å². The van der Waals surface area contributed by atoms with Crippen LogP contribution in [0.1, 0.15) is 5.56 Å². The molecular formula is C13H10N2S. The van der Waals surface area contributed by atoms with E-state index in [2.05, 4.69) is 22.0 Å². The largest absolute Gasteiger partial charge is 0.361 e. The second kappa shape index (κ2) is 5.34. The van der Waals surface area contributed by atoms with Gasteiger partial charge in [-0.25, -0.2) is 0 Å². The second-order valence-electron chi connectivity index (χ2n) is 3.24. The van der Waals surface area contributed by atoms with Crippen LogP contribution in [-0.4, -0.2) is 4.98 Å². The number of aromatic nitrogens is 1. The summed E-state index contributed by atoms with van der Waals surface area (Å²) in [5, 5.41) is 0. The van der Waals surface area contributed by atoms with Gasteiger partial charge in [0.1, 0.15) is 6.20 Å². The molecule has 1 aromatic carbocycles. The normalized spacial score (nSPS) is 9.69. The smallest absolute Gasteiger partial charge is 0.269 e. The van der Waals surface area contributed by atoms with E-state index in [1.165, 1.54) is 5.56 Å². The van der Waals surface area contributed by atoms with Crippen LogP contribution < -0.4 is 0 Å². The third kappa shape index (κ3) is 2.85. The Hall–Kier alpha value is -1.79. The van der Waals surface area contributed by atoms with E-state index in [0.717, 1.165) is 10.6 Å². The van der Waals surface area contributed by atoms with Gasteiger partial charge in [-0.2, -0.15) is 0 Å².